The van der Waals surface area contributed by atoms with Gasteiger partial charge in [-0.05, 0) is 25.8 Å². The van der Waals surface area contributed by atoms with E-state index in [1.165, 1.54) is 19.3 Å². The Bertz CT molecular complexity index is 299. The zero-order valence-electron chi connectivity index (χ0n) is 9.04. The van der Waals surface area contributed by atoms with Crippen molar-refractivity contribution < 1.29 is 8.42 Å². The molecular formula is C10H20N2O2S. The molecule has 1 unspecified atom stereocenters. The van der Waals surface area contributed by atoms with E-state index in [1.54, 1.807) is 0 Å². The minimum absolute atomic E-state index is 0.163. The second kappa shape index (κ2) is 4.80. The van der Waals surface area contributed by atoms with E-state index in [9.17, 15) is 8.42 Å². The normalized spacial score (nSPS) is 31.1. The summed E-state index contributed by atoms with van der Waals surface area (Å²) in [4.78, 5) is 0. The van der Waals surface area contributed by atoms with Crippen LogP contribution >= 0.6 is 0 Å². The lowest BCUT2D eigenvalue weighted by atomic mass is 9.93. The molecule has 0 radical (unpaired) electrons. The van der Waals surface area contributed by atoms with Crippen molar-refractivity contribution in [2.45, 2.75) is 37.8 Å². The molecule has 1 heterocycles. The zero-order valence-corrected chi connectivity index (χ0v) is 9.85. The van der Waals surface area contributed by atoms with E-state index in [4.69, 9.17) is 0 Å². The summed E-state index contributed by atoms with van der Waals surface area (Å²) in [7, 11) is -2.76. The van der Waals surface area contributed by atoms with Crippen molar-refractivity contribution in [1.29, 1.82) is 0 Å². The standard InChI is InChI=1S/C10H20N2O2S/c13-15(14)7-6-12-10(8-15)4-5-11-9-2-1-3-9/h9-12H,1-8H2. The zero-order chi connectivity index (χ0) is 10.7. The first-order valence-electron chi connectivity index (χ1n) is 5.83. The van der Waals surface area contributed by atoms with E-state index >= 15 is 0 Å². The van der Waals surface area contributed by atoms with Gasteiger partial charge in [0.1, 0.15) is 0 Å². The molecule has 0 bridgehead atoms. The lowest BCUT2D eigenvalue weighted by molar-refractivity contribution is 0.331. The fourth-order valence-electron chi connectivity index (χ4n) is 2.13. The maximum Gasteiger partial charge on any atom is 0.153 e. The molecular weight excluding hydrogens is 212 g/mol. The predicted octanol–water partition coefficient (Wildman–Crippen LogP) is -0.0948. The molecule has 15 heavy (non-hydrogen) atoms. The molecule has 1 aliphatic carbocycles. The molecule has 2 fully saturated rings. The van der Waals surface area contributed by atoms with Crippen LogP contribution in [0.25, 0.3) is 0 Å². The van der Waals surface area contributed by atoms with Crippen molar-refractivity contribution in [1.82, 2.24) is 10.6 Å². The molecule has 1 saturated heterocycles. The van der Waals surface area contributed by atoms with Crippen LogP contribution in [-0.4, -0.2) is 45.1 Å². The van der Waals surface area contributed by atoms with Gasteiger partial charge in [-0.25, -0.2) is 8.42 Å². The molecule has 0 aromatic heterocycles. The molecule has 5 heteroatoms. The van der Waals surface area contributed by atoms with Crippen LogP contribution in [0.3, 0.4) is 0 Å². The van der Waals surface area contributed by atoms with Crippen LogP contribution in [0.2, 0.25) is 0 Å². The van der Waals surface area contributed by atoms with Crippen LogP contribution in [0.5, 0.6) is 0 Å². The fourth-order valence-corrected chi connectivity index (χ4v) is 3.62. The highest BCUT2D eigenvalue weighted by Gasteiger charge is 2.24. The van der Waals surface area contributed by atoms with Crippen LogP contribution < -0.4 is 10.6 Å². The summed E-state index contributed by atoms with van der Waals surface area (Å²) < 4.78 is 22.7. The van der Waals surface area contributed by atoms with Gasteiger partial charge in [-0.3, -0.25) is 0 Å². The van der Waals surface area contributed by atoms with Gasteiger partial charge in [0.25, 0.3) is 0 Å². The molecule has 88 valence electrons. The van der Waals surface area contributed by atoms with Crippen molar-refractivity contribution in [3.8, 4) is 0 Å². The predicted molar refractivity (Wildman–Crippen MR) is 60.7 cm³/mol. The molecule has 2 aliphatic rings. The maximum absolute atomic E-state index is 11.4. The lowest BCUT2D eigenvalue weighted by Crippen LogP contribution is -2.47. The van der Waals surface area contributed by atoms with Gasteiger partial charge in [-0.15, -0.1) is 0 Å². The first kappa shape index (κ1) is 11.4. The average molecular weight is 232 g/mol. The highest BCUT2D eigenvalue weighted by molar-refractivity contribution is 7.91. The highest BCUT2D eigenvalue weighted by atomic mass is 32.2. The summed E-state index contributed by atoms with van der Waals surface area (Å²) in [5.74, 6) is 0.624. The quantitative estimate of drug-likeness (QED) is 0.711. The molecule has 1 atom stereocenters. The largest absolute Gasteiger partial charge is 0.314 e. The molecule has 1 aliphatic heterocycles. The molecule has 0 aromatic rings. The van der Waals surface area contributed by atoms with Gasteiger partial charge in [0, 0.05) is 18.6 Å². The molecule has 2 rings (SSSR count). The van der Waals surface area contributed by atoms with Gasteiger partial charge in [0.2, 0.25) is 0 Å². The average Bonchev–Trinajstić information content (AvgIpc) is 2.08. The Balaban J connectivity index is 1.65. The second-order valence-electron chi connectivity index (χ2n) is 4.64. The summed E-state index contributed by atoms with van der Waals surface area (Å²) >= 11 is 0. The first-order chi connectivity index (χ1) is 7.16. The van der Waals surface area contributed by atoms with Gasteiger partial charge in [0.15, 0.2) is 9.84 Å². The molecule has 1 saturated carbocycles. The summed E-state index contributed by atoms with van der Waals surface area (Å²) in [6, 6.07) is 0.863. The lowest BCUT2D eigenvalue weighted by Gasteiger charge is -2.28. The van der Waals surface area contributed by atoms with Crippen LogP contribution in [0, 0.1) is 0 Å². The van der Waals surface area contributed by atoms with E-state index in [0.717, 1.165) is 13.0 Å². The Morgan fingerprint density at radius 3 is 2.73 bits per heavy atom. The van der Waals surface area contributed by atoms with Crippen LogP contribution in [-0.2, 0) is 9.84 Å². The molecule has 0 amide bonds. The topological polar surface area (TPSA) is 58.2 Å². The van der Waals surface area contributed by atoms with Crippen molar-refractivity contribution in [2.24, 2.45) is 0 Å². The second-order valence-corrected chi connectivity index (χ2v) is 6.86. The monoisotopic (exact) mass is 232 g/mol. The summed E-state index contributed by atoms with van der Waals surface area (Å²) in [5, 5.41) is 6.72. The Morgan fingerprint density at radius 2 is 2.13 bits per heavy atom. The van der Waals surface area contributed by atoms with E-state index < -0.39 is 9.84 Å². The van der Waals surface area contributed by atoms with Crippen molar-refractivity contribution in [3.05, 3.63) is 0 Å². The number of hydrogen-bond acceptors (Lipinski definition) is 4. The third-order valence-electron chi connectivity index (χ3n) is 3.33. The smallest absolute Gasteiger partial charge is 0.153 e. The summed E-state index contributed by atoms with van der Waals surface area (Å²) in [6.07, 6.45) is 4.84. The summed E-state index contributed by atoms with van der Waals surface area (Å²) in [5.41, 5.74) is 0. The SMILES string of the molecule is O=S1(=O)CCNC(CCNC2CCC2)C1. The number of rotatable bonds is 4. The van der Waals surface area contributed by atoms with Crippen LogP contribution in [0.4, 0.5) is 0 Å². The Hall–Kier alpha value is -0.130. The van der Waals surface area contributed by atoms with E-state index in [0.29, 0.717) is 24.1 Å². The molecule has 0 aromatic carbocycles. The van der Waals surface area contributed by atoms with E-state index in [2.05, 4.69) is 10.6 Å². The van der Waals surface area contributed by atoms with Crippen LogP contribution in [0.1, 0.15) is 25.7 Å². The van der Waals surface area contributed by atoms with Gasteiger partial charge < -0.3 is 10.6 Å². The third-order valence-corrected chi connectivity index (χ3v) is 5.07. The molecule has 0 spiro atoms. The Kier molecular flexibility index (Phi) is 3.64. The number of sulfone groups is 1. The fraction of sp³-hybridized carbons (Fsp3) is 1.00. The highest BCUT2D eigenvalue weighted by Crippen LogP contribution is 2.17. The van der Waals surface area contributed by atoms with Gasteiger partial charge in [-0.1, -0.05) is 6.42 Å². The maximum atomic E-state index is 11.4. The first-order valence-corrected chi connectivity index (χ1v) is 7.65. The van der Waals surface area contributed by atoms with Crippen molar-refractivity contribution >= 4 is 9.84 Å². The van der Waals surface area contributed by atoms with Gasteiger partial charge >= 0.3 is 0 Å². The number of nitrogens with one attached hydrogen (secondary N) is 2. The van der Waals surface area contributed by atoms with Crippen LogP contribution in [0.15, 0.2) is 0 Å². The Labute approximate surface area is 91.7 Å². The van der Waals surface area contributed by atoms with Gasteiger partial charge in [0.05, 0.1) is 11.5 Å². The van der Waals surface area contributed by atoms with E-state index in [-0.39, 0.29) is 6.04 Å². The molecule has 2 N–H and O–H groups in total. The Morgan fingerprint density at radius 1 is 1.33 bits per heavy atom. The summed E-state index contributed by atoms with van der Waals surface area (Å²) in [6.45, 7) is 1.56. The van der Waals surface area contributed by atoms with Crippen molar-refractivity contribution in [3.63, 3.8) is 0 Å². The number of hydrogen-bond donors (Lipinski definition) is 2. The minimum Gasteiger partial charge on any atom is -0.314 e. The van der Waals surface area contributed by atoms with Gasteiger partial charge in [-0.2, -0.15) is 0 Å². The minimum atomic E-state index is -2.76. The van der Waals surface area contributed by atoms with E-state index in [1.807, 2.05) is 0 Å². The molecule has 4 nitrogen and oxygen atoms in total. The van der Waals surface area contributed by atoms with Crippen molar-refractivity contribution in [2.75, 3.05) is 24.6 Å². The third kappa shape index (κ3) is 3.43.